The lowest BCUT2D eigenvalue weighted by Crippen LogP contribution is -2.36. The summed E-state index contributed by atoms with van der Waals surface area (Å²) < 4.78 is 31.3. The van der Waals surface area contributed by atoms with E-state index in [1.54, 1.807) is 18.2 Å². The van der Waals surface area contributed by atoms with Crippen LogP contribution in [0, 0.1) is 25.2 Å². The summed E-state index contributed by atoms with van der Waals surface area (Å²) in [6.07, 6.45) is 0. The zero-order chi connectivity index (χ0) is 18.7. The molecular formula is C19H20N2O3S2. The van der Waals surface area contributed by atoms with Gasteiger partial charge in [-0.1, -0.05) is 6.07 Å². The van der Waals surface area contributed by atoms with Gasteiger partial charge in [-0.3, -0.25) is 0 Å². The zero-order valence-electron chi connectivity index (χ0n) is 14.7. The summed E-state index contributed by atoms with van der Waals surface area (Å²) in [5, 5.41) is 9.20. The lowest BCUT2D eigenvalue weighted by atomic mass is 10.1. The van der Waals surface area contributed by atoms with Crippen LogP contribution in [0.3, 0.4) is 0 Å². The molecule has 26 heavy (non-hydrogen) atoms. The minimum Gasteiger partial charge on any atom is -0.456 e. The first-order valence-electron chi connectivity index (χ1n) is 8.28. The Morgan fingerprint density at radius 3 is 2.35 bits per heavy atom. The summed E-state index contributed by atoms with van der Waals surface area (Å²) >= 11 is 1.44. The Labute approximate surface area is 158 Å². The third-order valence-corrected chi connectivity index (χ3v) is 6.77. The molecule has 136 valence electrons. The van der Waals surface area contributed by atoms with Gasteiger partial charge in [0.15, 0.2) is 9.84 Å². The van der Waals surface area contributed by atoms with Gasteiger partial charge in [0.05, 0.1) is 28.0 Å². The minimum absolute atomic E-state index is 0.158. The number of rotatable bonds is 4. The quantitative estimate of drug-likeness (QED) is 0.744. The largest absolute Gasteiger partial charge is 0.456 e. The first-order chi connectivity index (χ1) is 12.3. The second-order valence-electron chi connectivity index (χ2n) is 6.37. The summed E-state index contributed by atoms with van der Waals surface area (Å²) in [5.41, 5.74) is 2.78. The molecule has 1 fully saturated rings. The molecule has 0 saturated carbocycles. The summed E-state index contributed by atoms with van der Waals surface area (Å²) in [7, 11) is -2.93. The third-order valence-electron chi connectivity index (χ3n) is 4.03. The lowest BCUT2D eigenvalue weighted by molar-refractivity contribution is 0.464. The molecule has 7 heteroatoms. The maximum absolute atomic E-state index is 11.6. The maximum atomic E-state index is 11.6. The molecule has 0 bridgehead atoms. The van der Waals surface area contributed by atoms with E-state index in [1.165, 1.54) is 11.9 Å². The average molecular weight is 389 g/mol. The molecular weight excluding hydrogens is 368 g/mol. The first kappa shape index (κ1) is 18.8. The Morgan fingerprint density at radius 2 is 1.73 bits per heavy atom. The van der Waals surface area contributed by atoms with Gasteiger partial charge in [0.1, 0.15) is 11.5 Å². The number of benzene rings is 2. The molecule has 1 aliphatic heterocycles. The minimum atomic E-state index is -2.93. The first-order valence-corrected chi connectivity index (χ1v) is 10.9. The number of aryl methyl sites for hydroxylation is 2. The molecule has 0 N–H and O–H groups in total. The number of hydrogen-bond acceptors (Lipinski definition) is 6. The molecule has 2 aromatic carbocycles. The second-order valence-corrected chi connectivity index (χ2v) is 9.81. The molecule has 5 nitrogen and oxygen atoms in total. The number of ether oxygens (including phenoxy) is 1. The normalized spacial score (nSPS) is 16.8. The van der Waals surface area contributed by atoms with Crippen molar-refractivity contribution in [2.75, 3.05) is 24.6 Å². The Kier molecular flexibility index (Phi) is 5.56. The van der Waals surface area contributed by atoms with Crippen molar-refractivity contribution in [1.29, 1.82) is 5.26 Å². The van der Waals surface area contributed by atoms with Crippen molar-refractivity contribution in [2.45, 2.75) is 18.7 Å². The van der Waals surface area contributed by atoms with E-state index in [4.69, 9.17) is 4.74 Å². The van der Waals surface area contributed by atoms with Crippen LogP contribution in [0.25, 0.3) is 0 Å². The highest BCUT2D eigenvalue weighted by Gasteiger charge is 2.23. The van der Waals surface area contributed by atoms with E-state index in [1.807, 2.05) is 30.3 Å². The van der Waals surface area contributed by atoms with Crippen LogP contribution in [0.15, 0.2) is 41.3 Å². The topological polar surface area (TPSA) is 70.4 Å². The summed E-state index contributed by atoms with van der Waals surface area (Å²) in [6, 6.07) is 13.5. The van der Waals surface area contributed by atoms with Crippen LogP contribution < -0.4 is 4.74 Å². The van der Waals surface area contributed by atoms with Crippen molar-refractivity contribution in [3.8, 4) is 17.6 Å². The van der Waals surface area contributed by atoms with Gasteiger partial charge in [0.2, 0.25) is 0 Å². The van der Waals surface area contributed by atoms with Crippen LogP contribution in [0.2, 0.25) is 0 Å². The van der Waals surface area contributed by atoms with Crippen LogP contribution in [0.1, 0.15) is 16.7 Å². The van der Waals surface area contributed by atoms with E-state index >= 15 is 0 Å². The van der Waals surface area contributed by atoms with Gasteiger partial charge in [0, 0.05) is 13.1 Å². The Bertz CT molecular complexity index is 931. The highest BCUT2D eigenvalue weighted by atomic mass is 32.2. The van der Waals surface area contributed by atoms with E-state index in [0.717, 1.165) is 21.8 Å². The molecule has 0 amide bonds. The Balaban J connectivity index is 1.85. The highest BCUT2D eigenvalue weighted by Crippen LogP contribution is 2.36. The van der Waals surface area contributed by atoms with E-state index < -0.39 is 9.84 Å². The molecule has 1 aliphatic rings. The highest BCUT2D eigenvalue weighted by molar-refractivity contribution is 7.97. The Morgan fingerprint density at radius 1 is 1.08 bits per heavy atom. The molecule has 0 atom stereocenters. The second kappa shape index (κ2) is 7.70. The molecule has 0 radical (unpaired) electrons. The monoisotopic (exact) mass is 388 g/mol. The van der Waals surface area contributed by atoms with E-state index in [2.05, 4.69) is 12.1 Å². The van der Waals surface area contributed by atoms with Crippen molar-refractivity contribution in [2.24, 2.45) is 0 Å². The number of hydrogen-bond donors (Lipinski definition) is 0. The van der Waals surface area contributed by atoms with E-state index in [0.29, 0.717) is 24.4 Å². The number of sulfone groups is 1. The molecule has 0 aliphatic carbocycles. The van der Waals surface area contributed by atoms with Gasteiger partial charge >= 0.3 is 0 Å². The van der Waals surface area contributed by atoms with Crippen LogP contribution in [0.5, 0.6) is 11.5 Å². The molecule has 2 aromatic rings. The van der Waals surface area contributed by atoms with Gasteiger partial charge in [0.25, 0.3) is 0 Å². The third kappa shape index (κ3) is 4.79. The van der Waals surface area contributed by atoms with Crippen LogP contribution in [-0.2, 0) is 9.84 Å². The van der Waals surface area contributed by atoms with Gasteiger partial charge in [-0.15, -0.1) is 0 Å². The van der Waals surface area contributed by atoms with Gasteiger partial charge in [-0.05, 0) is 67.3 Å². The van der Waals surface area contributed by atoms with Gasteiger partial charge in [-0.2, -0.15) is 5.26 Å². The molecule has 0 unspecified atom stereocenters. The summed E-state index contributed by atoms with van der Waals surface area (Å²) in [5.74, 6) is 1.72. The molecule has 0 spiro atoms. The molecule has 3 rings (SSSR count). The van der Waals surface area contributed by atoms with Crippen molar-refractivity contribution in [3.05, 3.63) is 53.1 Å². The molecule has 0 aromatic heterocycles. The summed E-state index contributed by atoms with van der Waals surface area (Å²) in [6.45, 7) is 4.96. The van der Waals surface area contributed by atoms with Crippen LogP contribution in [0.4, 0.5) is 0 Å². The number of nitrogens with zero attached hydrogens (tertiary/aromatic N) is 2. The fourth-order valence-corrected chi connectivity index (χ4v) is 5.23. The summed E-state index contributed by atoms with van der Waals surface area (Å²) in [4.78, 5) is 0.808. The SMILES string of the molecule is Cc1cc(C)cc(Oc2ccc(C#N)cc2SN2CCS(=O)(=O)CC2)c1. The van der Waals surface area contributed by atoms with Crippen molar-refractivity contribution < 1.29 is 13.2 Å². The molecule has 1 saturated heterocycles. The van der Waals surface area contributed by atoms with Crippen molar-refractivity contribution in [1.82, 2.24) is 4.31 Å². The smallest absolute Gasteiger partial charge is 0.152 e. The van der Waals surface area contributed by atoms with Crippen LogP contribution in [-0.4, -0.2) is 37.3 Å². The zero-order valence-corrected chi connectivity index (χ0v) is 16.4. The van der Waals surface area contributed by atoms with Gasteiger partial charge < -0.3 is 4.74 Å². The van der Waals surface area contributed by atoms with Crippen molar-refractivity contribution in [3.63, 3.8) is 0 Å². The van der Waals surface area contributed by atoms with Crippen LogP contribution >= 0.6 is 11.9 Å². The Hall–Kier alpha value is -2.01. The van der Waals surface area contributed by atoms with Crippen molar-refractivity contribution >= 4 is 21.8 Å². The maximum Gasteiger partial charge on any atom is 0.152 e. The van der Waals surface area contributed by atoms with Gasteiger partial charge in [-0.25, -0.2) is 12.7 Å². The standard InChI is InChI=1S/C19H20N2O3S2/c1-14-9-15(2)11-17(10-14)24-18-4-3-16(13-20)12-19(18)25-21-5-7-26(22,23)8-6-21/h3-4,9-12H,5-8H2,1-2H3. The molecule has 1 heterocycles. The number of nitriles is 1. The fourth-order valence-electron chi connectivity index (χ4n) is 2.78. The van der Waals surface area contributed by atoms with E-state index in [-0.39, 0.29) is 11.5 Å². The predicted molar refractivity (Wildman–Crippen MR) is 103 cm³/mol. The average Bonchev–Trinajstić information content (AvgIpc) is 2.57. The fraction of sp³-hybridized carbons (Fsp3) is 0.316. The lowest BCUT2D eigenvalue weighted by Gasteiger charge is -2.26. The predicted octanol–water partition coefficient (Wildman–Crippen LogP) is 3.70. The van der Waals surface area contributed by atoms with E-state index in [9.17, 15) is 13.7 Å².